The van der Waals surface area contributed by atoms with E-state index in [2.05, 4.69) is 120 Å². The SMILES string of the molecule is CCCC1CCC(C2CCC(c3ccc(CC(C)CC)cc3)CC2)CC1.CCCCCCCC(C)Oc1c(F)cc(C2CCC(C3CCC(CCC)CC3)CC2)cc1F.CCCCCCCCC(=O)O[C@H]1CC[C@@]2(C)C(=CC[C@H]3[C@@H]4CC[C@H](C(C)CCCC(C)C)[C@@]4(C)CC[C@@H]32)C1.CCCCCCOc1ccc(C(=O)Oc2ccc(C(=O)OC(C)CCCCCC)cc2)cc1. The van der Waals surface area contributed by atoms with Gasteiger partial charge in [-0.25, -0.2) is 18.4 Å². The van der Waals surface area contributed by atoms with Crippen molar-refractivity contribution < 1.29 is 46.8 Å². The van der Waals surface area contributed by atoms with E-state index < -0.39 is 17.6 Å². The average Bonchev–Trinajstić information content (AvgIpc) is 1.49. The van der Waals surface area contributed by atoms with Crippen LogP contribution in [0, 0.1) is 99.4 Å². The minimum atomic E-state index is -0.529. The molecule has 0 radical (unpaired) electrons. The Balaban J connectivity index is 0.000000197. The van der Waals surface area contributed by atoms with Crippen molar-refractivity contribution in [1.82, 2.24) is 0 Å². The lowest BCUT2D eigenvalue weighted by Crippen LogP contribution is -2.51. The molecule has 0 heterocycles. The van der Waals surface area contributed by atoms with Crippen LogP contribution in [-0.2, 0) is 20.7 Å². The molecule has 0 aromatic heterocycles. The fraction of sp³-hybridized carbons (Fsp3) is 0.758. The summed E-state index contributed by atoms with van der Waals surface area (Å²) < 4.78 is 58.0. The summed E-state index contributed by atoms with van der Waals surface area (Å²) in [5.74, 6) is 12.1. The summed E-state index contributed by atoms with van der Waals surface area (Å²) in [5, 5.41) is 0. The van der Waals surface area contributed by atoms with Crippen LogP contribution in [0.4, 0.5) is 8.78 Å². The standard InChI is InChI=1S/C36H62O2.C30H48F2O.C28H38O5.C26H42/c1-7-8-9-10-11-12-16-34(37)38-29-21-23-35(5)28(25-29)17-18-30-32-20-19-31(27(4)15-13-14-26(2)3)36(32,6)24-22-33(30)35;1-4-6-7-8-9-11-22(3)33-30-28(31)20-27(21-29(30)32)26-18-16-25(17-19-26)24-14-12-23(10-5-2)13-15-24;1-4-6-8-10-12-22(3)32-27(29)23-15-19-26(20-16-23)33-28(30)24-13-17-25(18-14-24)31-21-11-9-7-5-2;1-4-6-21-7-11-23(12-8-21)25-15-17-26(18-16-25)24-13-9-22(10-14-24)19-20(3)5-2/h17,26-27,29-33H,7-16,18-25H2,1-6H3;20-26H,4-19H2,1-3H3;13-20,22H,4-12,21H2,1-3H3;9-10,13-14,20-21,23,25-26H,4-8,11-12,15-19H2,1-3H3/t27?,29-,30-,31+,32-,33-,35-,36+;;;/m0.../s1. The lowest BCUT2D eigenvalue weighted by Gasteiger charge is -2.58. The molecule has 7 fully saturated rings. The van der Waals surface area contributed by atoms with Gasteiger partial charge in [-0.15, -0.1) is 0 Å². The predicted molar refractivity (Wildman–Crippen MR) is 542 cm³/mol. The Hall–Kier alpha value is -5.51. The maximum absolute atomic E-state index is 14.8. The number of halogens is 2. The number of fused-ring (bicyclic) bond motifs is 5. The summed E-state index contributed by atoms with van der Waals surface area (Å²) in [6.45, 7) is 35.3. The summed E-state index contributed by atoms with van der Waals surface area (Å²) in [6, 6.07) is 26.2. The number of hydrogen-bond donors (Lipinski definition) is 0. The van der Waals surface area contributed by atoms with E-state index in [1.807, 2.05) is 13.8 Å². The van der Waals surface area contributed by atoms with Gasteiger partial charge >= 0.3 is 17.9 Å². The third-order valence-electron chi connectivity index (χ3n) is 34.0. The van der Waals surface area contributed by atoms with Gasteiger partial charge in [0, 0.05) is 12.8 Å². The zero-order valence-electron chi connectivity index (χ0n) is 85.7. The molecule has 11 atom stereocenters. The molecule has 4 aromatic rings. The van der Waals surface area contributed by atoms with Gasteiger partial charge in [-0.2, -0.15) is 0 Å². The number of esters is 3. The maximum Gasteiger partial charge on any atom is 0.343 e. The van der Waals surface area contributed by atoms with Gasteiger partial charge in [0.1, 0.15) is 17.6 Å². The molecule has 4 unspecified atom stereocenters. The first kappa shape index (κ1) is 108. The number of allylic oxidation sites excluding steroid dienone is 1. The minimum Gasteiger partial charge on any atom is -0.494 e. The number of hydrogen-bond acceptors (Lipinski definition) is 8. The zero-order valence-corrected chi connectivity index (χ0v) is 85.7. The molecule has 8 aliphatic carbocycles. The number of carbonyl (C=O) groups is 3. The summed E-state index contributed by atoms with van der Waals surface area (Å²) in [6.07, 6.45) is 72.1. The second kappa shape index (κ2) is 58.2. The summed E-state index contributed by atoms with van der Waals surface area (Å²) >= 11 is 0. The second-order valence-electron chi connectivity index (χ2n) is 44.3. The lowest BCUT2D eigenvalue weighted by atomic mass is 9.47. The highest BCUT2D eigenvalue weighted by molar-refractivity contribution is 5.92. The van der Waals surface area contributed by atoms with Crippen molar-refractivity contribution in [3.63, 3.8) is 0 Å². The number of benzene rings is 4. The molecular formula is C120H190F2O8. The summed E-state index contributed by atoms with van der Waals surface area (Å²) in [4.78, 5) is 37.3. The van der Waals surface area contributed by atoms with E-state index >= 15 is 0 Å². The van der Waals surface area contributed by atoms with Gasteiger partial charge in [0.25, 0.3) is 0 Å². The second-order valence-corrected chi connectivity index (χ2v) is 44.3. The van der Waals surface area contributed by atoms with Crippen molar-refractivity contribution in [2.24, 2.45) is 87.8 Å². The van der Waals surface area contributed by atoms with Gasteiger partial charge in [-0.05, 0) is 358 Å². The van der Waals surface area contributed by atoms with Gasteiger partial charge < -0.3 is 23.7 Å². The minimum absolute atomic E-state index is 0.0522. The molecule has 7 saturated carbocycles. The van der Waals surface area contributed by atoms with Crippen molar-refractivity contribution >= 4 is 17.9 Å². The first-order chi connectivity index (χ1) is 62.9. The Bertz CT molecular complexity index is 3770. The van der Waals surface area contributed by atoms with Crippen LogP contribution in [0.1, 0.15) is 500 Å². The highest BCUT2D eigenvalue weighted by Crippen LogP contribution is 2.68. The van der Waals surface area contributed by atoms with E-state index in [1.54, 1.807) is 71.8 Å². The fourth-order valence-corrected chi connectivity index (χ4v) is 25.7. The first-order valence-electron chi connectivity index (χ1n) is 55.3. The van der Waals surface area contributed by atoms with Crippen molar-refractivity contribution in [3.05, 3.63) is 136 Å². The lowest BCUT2D eigenvalue weighted by molar-refractivity contribution is -0.151. The monoisotopic (exact) mass is 1800 g/mol. The number of rotatable bonds is 47. The first-order valence-corrected chi connectivity index (χ1v) is 55.3. The van der Waals surface area contributed by atoms with Gasteiger partial charge in [0.05, 0.1) is 29.9 Å². The van der Waals surface area contributed by atoms with Crippen LogP contribution in [0.5, 0.6) is 17.2 Å². The molecule has 0 N–H and O–H groups in total. The van der Waals surface area contributed by atoms with E-state index in [-0.39, 0.29) is 41.9 Å². The van der Waals surface area contributed by atoms with E-state index in [9.17, 15) is 23.2 Å². The molecule has 0 aliphatic heterocycles. The van der Waals surface area contributed by atoms with Crippen molar-refractivity contribution in [3.8, 4) is 17.2 Å². The van der Waals surface area contributed by atoms with E-state index in [0.29, 0.717) is 40.7 Å². The van der Waals surface area contributed by atoms with E-state index in [4.69, 9.17) is 23.7 Å². The van der Waals surface area contributed by atoms with Gasteiger partial charge in [0.2, 0.25) is 0 Å². The van der Waals surface area contributed by atoms with Crippen LogP contribution >= 0.6 is 0 Å². The molecular weight excluding hydrogens is 1610 g/mol. The number of ether oxygens (including phenoxy) is 5. The van der Waals surface area contributed by atoms with Crippen LogP contribution in [-0.4, -0.2) is 42.8 Å². The Morgan fingerprint density at radius 3 is 1.50 bits per heavy atom. The quantitative estimate of drug-likeness (QED) is 0.0187. The molecule has 8 nitrogen and oxygen atoms in total. The van der Waals surface area contributed by atoms with E-state index in [1.165, 1.54) is 269 Å². The van der Waals surface area contributed by atoms with Crippen molar-refractivity contribution in [1.29, 1.82) is 0 Å². The predicted octanol–water partition coefficient (Wildman–Crippen LogP) is 36.2. The molecule has 8 aliphatic rings. The molecule has 0 amide bonds. The number of unbranched alkanes of at least 4 members (excludes halogenated alkanes) is 15. The zero-order chi connectivity index (χ0) is 93.2. The average molecular weight is 1800 g/mol. The van der Waals surface area contributed by atoms with Crippen LogP contribution in [0.25, 0.3) is 0 Å². The van der Waals surface area contributed by atoms with Crippen molar-refractivity contribution in [2.75, 3.05) is 6.61 Å². The summed E-state index contributed by atoms with van der Waals surface area (Å²) in [7, 11) is 0. The largest absolute Gasteiger partial charge is 0.494 e. The Kier molecular flexibility index (Phi) is 48.4. The fourth-order valence-electron chi connectivity index (χ4n) is 25.7. The third kappa shape index (κ3) is 34.6. The van der Waals surface area contributed by atoms with Crippen LogP contribution < -0.4 is 14.2 Å². The van der Waals surface area contributed by atoms with Crippen LogP contribution in [0.15, 0.2) is 96.6 Å². The van der Waals surface area contributed by atoms with Gasteiger partial charge in [0.15, 0.2) is 17.4 Å². The Morgan fingerprint density at radius 2 is 0.954 bits per heavy atom. The molecule has 12 rings (SSSR count). The highest BCUT2D eigenvalue weighted by Gasteiger charge is 2.59. The molecule has 0 spiro atoms. The number of carbonyl (C=O) groups excluding carboxylic acids is 3. The molecule has 10 heteroatoms. The maximum atomic E-state index is 14.8. The topological polar surface area (TPSA) is 97.4 Å². The Labute approximate surface area is 794 Å². The molecule has 0 bridgehead atoms. The van der Waals surface area contributed by atoms with E-state index in [0.717, 1.165) is 178 Å². The molecule has 732 valence electrons. The van der Waals surface area contributed by atoms with Gasteiger partial charge in [-0.1, -0.05) is 299 Å². The molecule has 0 saturated heterocycles. The molecule has 130 heavy (non-hydrogen) atoms. The third-order valence-corrected chi connectivity index (χ3v) is 34.0. The normalized spacial score (nSPS) is 26.8. The van der Waals surface area contributed by atoms with Crippen molar-refractivity contribution in [2.45, 2.75) is 487 Å². The van der Waals surface area contributed by atoms with Gasteiger partial charge in [-0.3, -0.25) is 4.79 Å². The Morgan fingerprint density at radius 1 is 0.454 bits per heavy atom. The molecule has 4 aromatic carbocycles. The van der Waals surface area contributed by atoms with Crippen LogP contribution in [0.2, 0.25) is 0 Å². The van der Waals surface area contributed by atoms with Crippen LogP contribution in [0.3, 0.4) is 0 Å². The smallest absolute Gasteiger partial charge is 0.343 e. The highest BCUT2D eigenvalue weighted by atomic mass is 19.1. The summed E-state index contributed by atoms with van der Waals surface area (Å²) in [5.41, 5.74) is 7.39.